The van der Waals surface area contributed by atoms with Crippen LogP contribution in [0, 0.1) is 18.3 Å². The van der Waals surface area contributed by atoms with E-state index in [-0.39, 0.29) is 11.1 Å². The standard InChI is InChI=1S/C13H10N2O/c1-9-4-2-3-5-11(9)12-7-6-10(8-14)13(16)15-12/h2-7H,1H3,(H,15,16). The minimum Gasteiger partial charge on any atom is -0.321 e. The highest BCUT2D eigenvalue weighted by Crippen LogP contribution is 2.19. The van der Waals surface area contributed by atoms with Gasteiger partial charge in [0.2, 0.25) is 0 Å². The number of H-pyrrole nitrogens is 1. The number of rotatable bonds is 1. The van der Waals surface area contributed by atoms with Gasteiger partial charge in [0.15, 0.2) is 0 Å². The average molecular weight is 210 g/mol. The topological polar surface area (TPSA) is 56.6 Å². The molecule has 16 heavy (non-hydrogen) atoms. The molecule has 78 valence electrons. The van der Waals surface area contributed by atoms with Gasteiger partial charge in [0.25, 0.3) is 5.56 Å². The van der Waals surface area contributed by atoms with E-state index in [1.165, 1.54) is 0 Å². The molecule has 1 aromatic heterocycles. The number of nitrogens with one attached hydrogen (secondary N) is 1. The first-order chi connectivity index (χ1) is 7.72. The molecular formula is C13H10N2O. The number of hydrogen-bond acceptors (Lipinski definition) is 2. The first-order valence-electron chi connectivity index (χ1n) is 4.92. The van der Waals surface area contributed by atoms with Gasteiger partial charge >= 0.3 is 0 Å². The lowest BCUT2D eigenvalue weighted by Gasteiger charge is -2.04. The lowest BCUT2D eigenvalue weighted by molar-refractivity contribution is 1.21. The van der Waals surface area contributed by atoms with Gasteiger partial charge in [-0.2, -0.15) is 5.26 Å². The lowest BCUT2D eigenvalue weighted by atomic mass is 10.1. The number of aryl methyl sites for hydroxylation is 1. The van der Waals surface area contributed by atoms with E-state index in [1.807, 2.05) is 37.3 Å². The van der Waals surface area contributed by atoms with Gasteiger partial charge in [-0.1, -0.05) is 24.3 Å². The number of pyridine rings is 1. The summed E-state index contributed by atoms with van der Waals surface area (Å²) in [6, 6.07) is 12.9. The van der Waals surface area contributed by atoms with E-state index in [0.29, 0.717) is 0 Å². The molecule has 1 aromatic carbocycles. The van der Waals surface area contributed by atoms with Crippen LogP contribution in [0.4, 0.5) is 0 Å². The van der Waals surface area contributed by atoms with Gasteiger partial charge in [0, 0.05) is 11.3 Å². The van der Waals surface area contributed by atoms with Crippen LogP contribution < -0.4 is 5.56 Å². The smallest absolute Gasteiger partial charge is 0.266 e. The second-order valence-electron chi connectivity index (χ2n) is 3.54. The molecule has 0 fully saturated rings. The third kappa shape index (κ3) is 1.73. The van der Waals surface area contributed by atoms with Crippen LogP contribution >= 0.6 is 0 Å². The molecule has 0 amide bonds. The summed E-state index contributed by atoms with van der Waals surface area (Å²) in [7, 11) is 0. The van der Waals surface area contributed by atoms with Gasteiger partial charge in [-0.05, 0) is 24.6 Å². The quantitative estimate of drug-likeness (QED) is 0.784. The number of aromatic nitrogens is 1. The molecule has 1 heterocycles. The van der Waals surface area contributed by atoms with E-state index in [0.717, 1.165) is 16.8 Å². The fourth-order valence-corrected chi connectivity index (χ4v) is 1.59. The van der Waals surface area contributed by atoms with E-state index in [9.17, 15) is 4.79 Å². The summed E-state index contributed by atoms with van der Waals surface area (Å²) in [6.07, 6.45) is 0. The van der Waals surface area contributed by atoms with Crippen molar-refractivity contribution in [3.05, 3.63) is 57.9 Å². The molecular weight excluding hydrogens is 200 g/mol. The fraction of sp³-hybridized carbons (Fsp3) is 0.0769. The van der Waals surface area contributed by atoms with Gasteiger partial charge in [-0.3, -0.25) is 4.79 Å². The second-order valence-corrected chi connectivity index (χ2v) is 3.54. The Bertz CT molecular complexity index is 620. The van der Waals surface area contributed by atoms with Crippen molar-refractivity contribution in [1.29, 1.82) is 5.26 Å². The van der Waals surface area contributed by atoms with Crippen LogP contribution in [0.25, 0.3) is 11.3 Å². The summed E-state index contributed by atoms with van der Waals surface area (Å²) in [6.45, 7) is 1.98. The lowest BCUT2D eigenvalue weighted by Crippen LogP contribution is -2.10. The molecule has 2 rings (SSSR count). The SMILES string of the molecule is Cc1ccccc1-c1ccc(C#N)c(=O)[nH]1. The predicted octanol–water partition coefficient (Wildman–Crippen LogP) is 2.22. The van der Waals surface area contributed by atoms with Gasteiger partial charge in [0.05, 0.1) is 0 Å². The Morgan fingerprint density at radius 1 is 1.19 bits per heavy atom. The first kappa shape index (κ1) is 10.2. The zero-order chi connectivity index (χ0) is 11.5. The van der Waals surface area contributed by atoms with E-state index in [4.69, 9.17) is 5.26 Å². The maximum absolute atomic E-state index is 11.5. The molecule has 0 aliphatic heterocycles. The maximum Gasteiger partial charge on any atom is 0.266 e. The highest BCUT2D eigenvalue weighted by Gasteiger charge is 2.03. The van der Waals surface area contributed by atoms with E-state index < -0.39 is 0 Å². The molecule has 2 aromatic rings. The molecule has 3 nitrogen and oxygen atoms in total. The van der Waals surface area contributed by atoms with Crippen LogP contribution in [-0.2, 0) is 0 Å². The van der Waals surface area contributed by atoms with Crippen molar-refractivity contribution in [1.82, 2.24) is 4.98 Å². The summed E-state index contributed by atoms with van der Waals surface area (Å²) in [5.74, 6) is 0. The monoisotopic (exact) mass is 210 g/mol. The molecule has 0 aliphatic rings. The van der Waals surface area contributed by atoms with Crippen molar-refractivity contribution in [2.24, 2.45) is 0 Å². The zero-order valence-electron chi connectivity index (χ0n) is 8.82. The molecule has 0 spiro atoms. The maximum atomic E-state index is 11.5. The Kier molecular flexibility index (Phi) is 2.57. The molecule has 0 saturated carbocycles. The Labute approximate surface area is 93.0 Å². The summed E-state index contributed by atoms with van der Waals surface area (Å²) in [5.41, 5.74) is 2.59. The Morgan fingerprint density at radius 2 is 1.94 bits per heavy atom. The van der Waals surface area contributed by atoms with Gasteiger partial charge < -0.3 is 4.98 Å². The first-order valence-corrected chi connectivity index (χ1v) is 4.92. The van der Waals surface area contributed by atoms with Crippen LogP contribution in [0.15, 0.2) is 41.2 Å². The van der Waals surface area contributed by atoms with Crippen LogP contribution in [0.1, 0.15) is 11.1 Å². The van der Waals surface area contributed by atoms with Crippen molar-refractivity contribution in [3.63, 3.8) is 0 Å². The van der Waals surface area contributed by atoms with Gasteiger partial charge in [-0.25, -0.2) is 0 Å². The van der Waals surface area contributed by atoms with Crippen molar-refractivity contribution in [2.75, 3.05) is 0 Å². The second kappa shape index (κ2) is 4.03. The van der Waals surface area contributed by atoms with E-state index >= 15 is 0 Å². The third-order valence-electron chi connectivity index (χ3n) is 2.47. The average Bonchev–Trinajstić information content (AvgIpc) is 2.29. The third-order valence-corrected chi connectivity index (χ3v) is 2.47. The molecule has 0 aliphatic carbocycles. The number of aromatic amines is 1. The van der Waals surface area contributed by atoms with E-state index in [2.05, 4.69) is 4.98 Å². The molecule has 0 radical (unpaired) electrons. The molecule has 3 heteroatoms. The molecule has 0 bridgehead atoms. The van der Waals surface area contributed by atoms with Crippen molar-refractivity contribution in [3.8, 4) is 17.3 Å². The minimum atomic E-state index is -0.344. The molecule has 0 unspecified atom stereocenters. The molecule has 0 saturated heterocycles. The van der Waals surface area contributed by atoms with Crippen LogP contribution in [0.3, 0.4) is 0 Å². The summed E-state index contributed by atoms with van der Waals surface area (Å²) < 4.78 is 0. The summed E-state index contributed by atoms with van der Waals surface area (Å²) in [4.78, 5) is 14.2. The van der Waals surface area contributed by atoms with Gasteiger partial charge in [0.1, 0.15) is 11.6 Å². The predicted molar refractivity (Wildman–Crippen MR) is 62.0 cm³/mol. The Balaban J connectivity index is 2.60. The van der Waals surface area contributed by atoms with Crippen molar-refractivity contribution < 1.29 is 0 Å². The Hall–Kier alpha value is -2.34. The van der Waals surface area contributed by atoms with Crippen LogP contribution in [0.5, 0.6) is 0 Å². The molecule has 0 atom stereocenters. The van der Waals surface area contributed by atoms with E-state index in [1.54, 1.807) is 12.1 Å². The van der Waals surface area contributed by atoms with Gasteiger partial charge in [-0.15, -0.1) is 0 Å². The molecule has 1 N–H and O–H groups in total. The zero-order valence-corrected chi connectivity index (χ0v) is 8.82. The largest absolute Gasteiger partial charge is 0.321 e. The Morgan fingerprint density at radius 3 is 2.56 bits per heavy atom. The number of benzene rings is 1. The minimum absolute atomic E-state index is 0.136. The van der Waals surface area contributed by atoms with Crippen molar-refractivity contribution in [2.45, 2.75) is 6.92 Å². The fourth-order valence-electron chi connectivity index (χ4n) is 1.59. The normalized spacial score (nSPS) is 9.75. The summed E-state index contributed by atoms with van der Waals surface area (Å²) >= 11 is 0. The highest BCUT2D eigenvalue weighted by molar-refractivity contribution is 5.63. The number of nitrogens with zero attached hydrogens (tertiary/aromatic N) is 1. The number of nitriles is 1. The van der Waals surface area contributed by atoms with Crippen molar-refractivity contribution >= 4 is 0 Å². The van der Waals surface area contributed by atoms with Crippen LogP contribution in [-0.4, -0.2) is 4.98 Å². The number of hydrogen-bond donors (Lipinski definition) is 1. The highest BCUT2D eigenvalue weighted by atomic mass is 16.1. The van der Waals surface area contributed by atoms with Crippen LogP contribution in [0.2, 0.25) is 0 Å². The summed E-state index contributed by atoms with van der Waals surface area (Å²) in [5, 5.41) is 8.66.